The molecular formula is C26H24O3. The molecule has 0 aliphatic heterocycles. The highest BCUT2D eigenvalue weighted by molar-refractivity contribution is 5.96. The van der Waals surface area contributed by atoms with Crippen molar-refractivity contribution in [3.05, 3.63) is 95.6 Å². The SMILES string of the molecule is CC1(C)C=CC=C(c2cccc3cccc(COc4ccc(C(=O)O)cc4)c23)C1. The van der Waals surface area contributed by atoms with Crippen molar-refractivity contribution in [1.82, 2.24) is 0 Å². The van der Waals surface area contributed by atoms with Gasteiger partial charge in [0.1, 0.15) is 12.4 Å². The predicted molar refractivity (Wildman–Crippen MR) is 117 cm³/mol. The van der Waals surface area contributed by atoms with Crippen molar-refractivity contribution >= 4 is 22.3 Å². The van der Waals surface area contributed by atoms with E-state index in [4.69, 9.17) is 9.84 Å². The molecule has 3 nitrogen and oxygen atoms in total. The molecule has 29 heavy (non-hydrogen) atoms. The lowest BCUT2D eigenvalue weighted by Gasteiger charge is -2.26. The summed E-state index contributed by atoms with van der Waals surface area (Å²) in [4.78, 5) is 11.0. The van der Waals surface area contributed by atoms with Crippen LogP contribution >= 0.6 is 0 Å². The van der Waals surface area contributed by atoms with Crippen LogP contribution < -0.4 is 4.74 Å². The van der Waals surface area contributed by atoms with Gasteiger partial charge in [0.05, 0.1) is 5.56 Å². The second kappa shape index (κ2) is 7.59. The number of aromatic carboxylic acids is 1. The number of fused-ring (bicyclic) bond motifs is 1. The average molecular weight is 384 g/mol. The predicted octanol–water partition coefficient (Wildman–Crippen LogP) is 6.49. The van der Waals surface area contributed by atoms with Crippen LogP contribution in [0.15, 0.2) is 78.9 Å². The number of hydrogen-bond donors (Lipinski definition) is 1. The smallest absolute Gasteiger partial charge is 0.335 e. The Morgan fingerprint density at radius 3 is 2.45 bits per heavy atom. The van der Waals surface area contributed by atoms with Crippen molar-refractivity contribution in [3.63, 3.8) is 0 Å². The van der Waals surface area contributed by atoms with Crippen LogP contribution in [0.4, 0.5) is 0 Å². The van der Waals surface area contributed by atoms with Crippen molar-refractivity contribution in [2.45, 2.75) is 26.9 Å². The van der Waals surface area contributed by atoms with E-state index in [1.54, 1.807) is 24.3 Å². The van der Waals surface area contributed by atoms with Crippen LogP contribution in [-0.2, 0) is 6.61 Å². The summed E-state index contributed by atoms with van der Waals surface area (Å²) in [5, 5.41) is 11.5. The number of rotatable bonds is 5. The number of ether oxygens (including phenoxy) is 1. The maximum absolute atomic E-state index is 11.0. The minimum absolute atomic E-state index is 0.142. The van der Waals surface area contributed by atoms with E-state index >= 15 is 0 Å². The summed E-state index contributed by atoms with van der Waals surface area (Å²) in [6.07, 6.45) is 7.62. The molecule has 0 saturated carbocycles. The molecule has 3 aromatic carbocycles. The first-order valence-electron chi connectivity index (χ1n) is 9.78. The van der Waals surface area contributed by atoms with Gasteiger partial charge < -0.3 is 9.84 Å². The van der Waals surface area contributed by atoms with Crippen LogP contribution in [0.25, 0.3) is 16.3 Å². The molecule has 4 rings (SSSR count). The van der Waals surface area contributed by atoms with E-state index in [1.165, 1.54) is 21.9 Å². The number of carboxylic acids is 1. The van der Waals surface area contributed by atoms with Crippen molar-refractivity contribution in [2.24, 2.45) is 5.41 Å². The monoisotopic (exact) mass is 384 g/mol. The minimum atomic E-state index is -0.937. The molecule has 0 heterocycles. The lowest BCUT2D eigenvalue weighted by molar-refractivity contribution is 0.0697. The fraction of sp³-hybridized carbons (Fsp3) is 0.192. The van der Waals surface area contributed by atoms with Crippen LogP contribution in [0.3, 0.4) is 0 Å². The average Bonchev–Trinajstić information content (AvgIpc) is 2.71. The molecule has 146 valence electrons. The maximum atomic E-state index is 11.0. The van der Waals surface area contributed by atoms with E-state index in [1.807, 2.05) is 0 Å². The molecule has 0 spiro atoms. The van der Waals surface area contributed by atoms with E-state index < -0.39 is 5.97 Å². The number of carbonyl (C=O) groups is 1. The highest BCUT2D eigenvalue weighted by Gasteiger charge is 2.21. The van der Waals surface area contributed by atoms with Crippen LogP contribution in [0.5, 0.6) is 5.75 Å². The third-order valence-electron chi connectivity index (χ3n) is 5.32. The third kappa shape index (κ3) is 4.09. The van der Waals surface area contributed by atoms with Gasteiger partial charge in [-0.3, -0.25) is 0 Å². The van der Waals surface area contributed by atoms with Crippen molar-refractivity contribution in [1.29, 1.82) is 0 Å². The Hall–Kier alpha value is -3.33. The quantitative estimate of drug-likeness (QED) is 0.547. The molecular weight excluding hydrogens is 360 g/mol. The molecule has 0 atom stereocenters. The van der Waals surface area contributed by atoms with Gasteiger partial charge in [-0.1, -0.05) is 68.5 Å². The Bertz CT molecular complexity index is 1110. The number of hydrogen-bond acceptors (Lipinski definition) is 2. The summed E-state index contributed by atoms with van der Waals surface area (Å²) in [5.74, 6) is -0.279. The summed E-state index contributed by atoms with van der Waals surface area (Å²) in [5.41, 5.74) is 4.10. The van der Waals surface area contributed by atoms with Gasteiger partial charge in [0.15, 0.2) is 0 Å². The van der Waals surface area contributed by atoms with Gasteiger partial charge in [-0.2, -0.15) is 0 Å². The number of carboxylic acid groups (broad SMARTS) is 1. The molecule has 0 radical (unpaired) electrons. The van der Waals surface area contributed by atoms with E-state index in [2.05, 4.69) is 68.5 Å². The normalized spacial score (nSPS) is 15.2. The number of benzene rings is 3. The van der Waals surface area contributed by atoms with Gasteiger partial charge in [-0.25, -0.2) is 4.79 Å². The third-order valence-corrected chi connectivity index (χ3v) is 5.32. The zero-order chi connectivity index (χ0) is 20.4. The first-order valence-corrected chi connectivity index (χ1v) is 9.78. The fourth-order valence-corrected chi connectivity index (χ4v) is 3.88. The maximum Gasteiger partial charge on any atom is 0.335 e. The molecule has 1 aliphatic carbocycles. The molecule has 0 bridgehead atoms. The van der Waals surface area contributed by atoms with Gasteiger partial charge in [-0.05, 0) is 63.6 Å². The van der Waals surface area contributed by atoms with Crippen molar-refractivity contribution in [2.75, 3.05) is 0 Å². The van der Waals surface area contributed by atoms with Crippen LogP contribution in [-0.4, -0.2) is 11.1 Å². The molecule has 0 fully saturated rings. The van der Waals surface area contributed by atoms with Crippen LogP contribution in [0.2, 0.25) is 0 Å². The lowest BCUT2D eigenvalue weighted by Crippen LogP contribution is -2.11. The van der Waals surface area contributed by atoms with Gasteiger partial charge in [-0.15, -0.1) is 0 Å². The largest absolute Gasteiger partial charge is 0.489 e. The first-order chi connectivity index (χ1) is 13.9. The second-order valence-corrected chi connectivity index (χ2v) is 8.16. The minimum Gasteiger partial charge on any atom is -0.489 e. The van der Waals surface area contributed by atoms with Gasteiger partial charge in [0.25, 0.3) is 0 Å². The fourth-order valence-electron chi connectivity index (χ4n) is 3.88. The first kappa shape index (κ1) is 19.0. The molecule has 3 aromatic rings. The lowest BCUT2D eigenvalue weighted by atomic mass is 9.79. The summed E-state index contributed by atoms with van der Waals surface area (Å²) in [6.45, 7) is 4.94. The summed E-state index contributed by atoms with van der Waals surface area (Å²) >= 11 is 0. The molecule has 3 heteroatoms. The van der Waals surface area contributed by atoms with Crippen molar-refractivity contribution < 1.29 is 14.6 Å². The Balaban J connectivity index is 1.67. The molecule has 0 amide bonds. The Morgan fingerprint density at radius 2 is 1.76 bits per heavy atom. The topological polar surface area (TPSA) is 46.5 Å². The zero-order valence-electron chi connectivity index (χ0n) is 16.7. The van der Waals surface area contributed by atoms with Crippen molar-refractivity contribution in [3.8, 4) is 5.75 Å². The molecule has 0 saturated heterocycles. The second-order valence-electron chi connectivity index (χ2n) is 8.16. The Labute approximate surface area is 171 Å². The Kier molecular flexibility index (Phi) is 4.98. The van der Waals surface area contributed by atoms with Crippen LogP contribution in [0, 0.1) is 5.41 Å². The van der Waals surface area contributed by atoms with Crippen LogP contribution in [0.1, 0.15) is 41.8 Å². The summed E-state index contributed by atoms with van der Waals surface area (Å²) in [6, 6.07) is 19.2. The Morgan fingerprint density at radius 1 is 1.03 bits per heavy atom. The summed E-state index contributed by atoms with van der Waals surface area (Å²) in [7, 11) is 0. The van der Waals surface area contributed by atoms with E-state index in [-0.39, 0.29) is 11.0 Å². The van der Waals surface area contributed by atoms with Gasteiger partial charge in [0, 0.05) is 0 Å². The van der Waals surface area contributed by atoms with Gasteiger partial charge in [0.2, 0.25) is 0 Å². The van der Waals surface area contributed by atoms with E-state index in [9.17, 15) is 4.79 Å². The zero-order valence-corrected chi connectivity index (χ0v) is 16.7. The van der Waals surface area contributed by atoms with Gasteiger partial charge >= 0.3 is 5.97 Å². The molecule has 0 aromatic heterocycles. The highest BCUT2D eigenvalue weighted by atomic mass is 16.5. The summed E-state index contributed by atoms with van der Waals surface area (Å²) < 4.78 is 5.99. The van der Waals surface area contributed by atoms with E-state index in [0.717, 1.165) is 12.0 Å². The molecule has 0 unspecified atom stereocenters. The van der Waals surface area contributed by atoms with E-state index in [0.29, 0.717) is 12.4 Å². The molecule has 1 aliphatic rings. The standard InChI is InChI=1S/C26H24O3/c1-26(2)15-5-9-20(16-26)23-10-4-7-18-6-3-8-21(24(18)23)17-29-22-13-11-19(12-14-22)25(27)28/h3-15H,16-17H2,1-2H3,(H,27,28). The molecule has 1 N–H and O–H groups in total. The highest BCUT2D eigenvalue weighted by Crippen LogP contribution is 2.39. The number of allylic oxidation sites excluding steroid dienone is 4.